The number of hydrogen-bond donors (Lipinski definition) is 2. The molecule has 0 saturated heterocycles. The quantitative estimate of drug-likeness (QED) is 0.0369. The molecule has 2 aromatic rings. The van der Waals surface area contributed by atoms with Crippen LogP contribution < -0.4 is 0 Å². The molecule has 90 heavy (non-hydrogen) atoms. The van der Waals surface area contributed by atoms with Gasteiger partial charge in [0.1, 0.15) is 6.61 Å². The Labute approximate surface area is 562 Å². The molecule has 502 valence electrons. The van der Waals surface area contributed by atoms with E-state index in [2.05, 4.69) is 130 Å². The molecule has 0 fully saturated rings. The topological polar surface area (TPSA) is 193 Å². The Morgan fingerprint density at radius 3 is 1.17 bits per heavy atom. The van der Waals surface area contributed by atoms with Crippen molar-refractivity contribution in [1.29, 1.82) is 15.8 Å². The van der Waals surface area contributed by atoms with E-state index in [1.54, 1.807) is 13.0 Å². The van der Waals surface area contributed by atoms with Gasteiger partial charge in [-0.15, -0.1) is 19.7 Å². The number of aliphatic hydroxyl groups excluding tert-OH is 1. The Morgan fingerprint density at radius 2 is 0.900 bits per heavy atom. The molecule has 0 amide bonds. The second-order valence-electron chi connectivity index (χ2n) is 23.1. The highest BCUT2D eigenvalue weighted by Gasteiger charge is 2.36. The fraction of sp³-hybridized carbons (Fsp3) is 0.547. The van der Waals surface area contributed by atoms with Gasteiger partial charge >= 0.3 is 11.9 Å². The van der Waals surface area contributed by atoms with Crippen molar-refractivity contribution in [2.75, 3.05) is 32.8 Å². The van der Waals surface area contributed by atoms with E-state index in [-0.39, 0.29) is 42.2 Å². The van der Waals surface area contributed by atoms with Crippen molar-refractivity contribution in [2.24, 2.45) is 51.8 Å². The van der Waals surface area contributed by atoms with E-state index in [0.29, 0.717) is 75.5 Å². The fourth-order valence-corrected chi connectivity index (χ4v) is 8.54. The number of aliphatic hydroxyl groups is 1. The number of benzene rings is 2. The summed E-state index contributed by atoms with van der Waals surface area (Å²) in [5, 5.41) is 45.2. The zero-order chi connectivity index (χ0) is 69.2. The van der Waals surface area contributed by atoms with Gasteiger partial charge in [-0.25, -0.2) is 4.21 Å². The van der Waals surface area contributed by atoms with Crippen molar-refractivity contribution < 1.29 is 33.5 Å². The van der Waals surface area contributed by atoms with E-state index in [1.165, 1.54) is 19.6 Å². The maximum atomic E-state index is 12.7. The minimum atomic E-state index is -1.67. The van der Waals surface area contributed by atoms with Crippen LogP contribution in [0.1, 0.15) is 191 Å². The predicted octanol–water partition coefficient (Wildman–Crippen LogP) is 20.6. The molecule has 0 heterocycles. The molecule has 0 aliphatic heterocycles. The van der Waals surface area contributed by atoms with Crippen LogP contribution in [-0.4, -0.2) is 69.4 Å². The van der Waals surface area contributed by atoms with E-state index in [4.69, 9.17) is 30.9 Å². The molecule has 0 saturated carbocycles. The zero-order valence-electron chi connectivity index (χ0n) is 56.8. The fourth-order valence-electron chi connectivity index (χ4n) is 8.33. The molecule has 2 aromatic carbocycles. The summed E-state index contributed by atoms with van der Waals surface area (Å²) >= 11 is 5.65. The summed E-state index contributed by atoms with van der Waals surface area (Å²) in [4.78, 5) is 37.7. The third-order valence-electron chi connectivity index (χ3n) is 15.8. The van der Waals surface area contributed by atoms with Crippen molar-refractivity contribution in [3.05, 3.63) is 158 Å². The van der Waals surface area contributed by atoms with Crippen LogP contribution in [0.3, 0.4) is 0 Å². The van der Waals surface area contributed by atoms with Crippen LogP contribution in [0.2, 0.25) is 0 Å². The van der Waals surface area contributed by atoms with Gasteiger partial charge in [0.05, 0.1) is 53.4 Å². The van der Waals surface area contributed by atoms with Crippen molar-refractivity contribution in [3.8, 4) is 18.2 Å². The van der Waals surface area contributed by atoms with E-state index in [9.17, 15) is 30.0 Å². The molecule has 9 atom stereocenters. The number of aliphatic carboxylic acids is 1. The second-order valence-corrected chi connectivity index (χ2v) is 26.0. The summed E-state index contributed by atoms with van der Waals surface area (Å²) in [7, 11) is 7.36. The molecule has 15 heteroatoms. The van der Waals surface area contributed by atoms with Gasteiger partial charge in [0.2, 0.25) is 14.5 Å². The Bertz CT molecular complexity index is 2450. The monoisotopic (exact) mass is 1320 g/mol. The Balaban J connectivity index is -0.000000538. The highest BCUT2D eigenvalue weighted by molar-refractivity contribution is 8.26. The normalized spacial score (nSPS) is 15.0. The first-order valence-electron chi connectivity index (χ1n) is 31.9. The molecule has 2 rings (SSSR count). The number of esters is 1. The van der Waals surface area contributed by atoms with E-state index in [1.807, 2.05) is 144 Å². The molecule has 9 unspecified atom stereocenters. The van der Waals surface area contributed by atoms with Crippen molar-refractivity contribution in [1.82, 2.24) is 4.90 Å². The lowest BCUT2D eigenvalue weighted by Crippen LogP contribution is -2.31. The maximum absolute atomic E-state index is 12.7. The number of nitriles is 3. The van der Waals surface area contributed by atoms with Crippen LogP contribution in [0, 0.1) is 85.7 Å². The van der Waals surface area contributed by atoms with Crippen LogP contribution in [0.15, 0.2) is 147 Å². The molecule has 2 N–H and O–H groups in total. The summed E-state index contributed by atoms with van der Waals surface area (Å²) in [5.41, 5.74) is 0.155. The second kappa shape index (κ2) is 58.5. The number of rotatable bonds is 38. The van der Waals surface area contributed by atoms with Crippen LogP contribution in [-0.2, 0) is 28.3 Å². The van der Waals surface area contributed by atoms with E-state index in [0.717, 1.165) is 49.7 Å². The summed E-state index contributed by atoms with van der Waals surface area (Å²) < 4.78 is 14.6. The van der Waals surface area contributed by atoms with Gasteiger partial charge < -0.3 is 19.8 Å². The lowest BCUT2D eigenvalue weighted by Gasteiger charge is -2.27. The summed E-state index contributed by atoms with van der Waals surface area (Å²) in [6, 6.07) is 26.7. The lowest BCUT2D eigenvalue weighted by molar-refractivity contribution is -0.154. The standard InChI is InChI=1S/C26H35NO2.C17H26ClNO.C17H27NO2.C9H10O.C6H15N.Cl2OS/c1-5-22(3)14-9-7-12-17-24(21-27)20-26(4,6-2)25(28)29-19-13-18-23-15-10-8-11-16-23;1-5-14(3)10-8-7-9-11-15(13-19)12-17(4,6-2)16(18)20;1-5-14(3)10-8-7-9-11-15(13-18)12-17(4,6-2)16(19)20;10-8-4-7-9-5-2-1-3-6-9;1-4-7(5-2)6-3;1-4(2)3/h5,7-8,10-13,15-16,18,22,24H,1,6,9,14,17,19-20H2,2-4H3;5,7,9,14-15H,1,6,8,10-12H2,2-4H3;5,7,9,14-15H,1,6,8,10-12H2,2-4H3,(H,19,20);1-7,10H,8H2;4-6H2,1-3H3;/b12-7?,18-13+;;;7-4+;;. The van der Waals surface area contributed by atoms with Crippen molar-refractivity contribution in [2.45, 2.75) is 179 Å². The molecule has 0 radical (unpaired) electrons. The number of carbonyl (C=O) groups excluding carboxylic acids is 2. The molecular weight excluding hydrogens is 1210 g/mol. The molecule has 11 nitrogen and oxygen atoms in total. The van der Waals surface area contributed by atoms with Crippen molar-refractivity contribution in [3.63, 3.8) is 0 Å². The Hall–Kier alpha value is -5.62. The zero-order valence-corrected chi connectivity index (χ0v) is 59.9. The minimum absolute atomic E-state index is 0.106. The SMILES string of the molecule is C=CC(C)CCC=CCC(C#N)CC(C)(CC)C(=O)Cl.C=CC(C)CCC=CCC(C#N)CC(C)(CC)C(=O)O.C=CC(C)CCC=CCC(C#N)CC(C)(CC)C(=O)OC/C=C/c1ccccc1.CCN(CC)CC.O=S(Cl)Cl.OC/C=C/c1ccccc1. The van der Waals surface area contributed by atoms with Crippen LogP contribution in [0.4, 0.5) is 0 Å². The molecule has 0 bridgehead atoms. The molecule has 0 aliphatic carbocycles. The van der Waals surface area contributed by atoms with E-state index >= 15 is 0 Å². The molecular formula is C75H113Cl3N4O7S. The summed E-state index contributed by atoms with van der Waals surface area (Å²) in [6.07, 6.45) is 37.0. The largest absolute Gasteiger partial charge is 0.481 e. The number of carbonyl (C=O) groups is 3. The number of nitrogens with zero attached hydrogens (tertiary/aromatic N) is 4. The van der Waals surface area contributed by atoms with Gasteiger partial charge in [-0.05, 0) is 176 Å². The third-order valence-corrected chi connectivity index (χ3v) is 16.2. The number of ether oxygens (including phenoxy) is 1. The third kappa shape index (κ3) is 49.1. The first-order valence-corrected chi connectivity index (χ1v) is 35.1. The number of carboxylic acids is 1. The summed E-state index contributed by atoms with van der Waals surface area (Å²) in [6.45, 7) is 39.4. The van der Waals surface area contributed by atoms with Gasteiger partial charge in [0.15, 0.2) is 0 Å². The number of carboxylic acid groups (broad SMARTS) is 1. The van der Waals surface area contributed by atoms with Gasteiger partial charge in [0, 0.05) is 26.8 Å². The summed E-state index contributed by atoms with van der Waals surface area (Å²) in [5.74, 6) is -0.114. The number of halogens is 3. The maximum Gasteiger partial charge on any atom is 0.312 e. The van der Waals surface area contributed by atoms with Gasteiger partial charge in [-0.1, -0.05) is 203 Å². The first kappa shape index (κ1) is 90.8. The minimum Gasteiger partial charge on any atom is -0.481 e. The van der Waals surface area contributed by atoms with Gasteiger partial charge in [-0.3, -0.25) is 14.4 Å². The Morgan fingerprint density at radius 1 is 0.578 bits per heavy atom. The highest BCUT2D eigenvalue weighted by Crippen LogP contribution is 2.35. The predicted molar refractivity (Wildman–Crippen MR) is 384 cm³/mol. The van der Waals surface area contributed by atoms with Crippen molar-refractivity contribution >= 4 is 71.5 Å². The molecule has 0 aliphatic rings. The van der Waals surface area contributed by atoms with Gasteiger partial charge in [0.25, 0.3) is 0 Å². The molecule has 0 aromatic heterocycles. The van der Waals surface area contributed by atoms with Gasteiger partial charge in [-0.2, -0.15) is 15.8 Å². The average molecular weight is 1320 g/mol. The lowest BCUT2D eigenvalue weighted by atomic mass is 9.78. The van der Waals surface area contributed by atoms with Crippen LogP contribution in [0.5, 0.6) is 0 Å². The number of hydrogen-bond acceptors (Lipinski definition) is 10. The molecule has 0 spiro atoms. The average Bonchev–Trinajstić information content (AvgIpc) is 3.27. The smallest absolute Gasteiger partial charge is 0.312 e. The first-order chi connectivity index (χ1) is 42.7. The van der Waals surface area contributed by atoms with Crippen LogP contribution in [0.25, 0.3) is 12.2 Å². The van der Waals surface area contributed by atoms with Crippen LogP contribution >= 0.6 is 33.0 Å². The highest BCUT2D eigenvalue weighted by atomic mass is 36.0. The number of allylic oxidation sites excluding steroid dienone is 9. The Kier molecular flexibility index (Phi) is 59.0. The van der Waals surface area contributed by atoms with E-state index < -0.39 is 31.4 Å².